The van der Waals surface area contributed by atoms with Crippen molar-refractivity contribution < 1.29 is 9.84 Å². The highest BCUT2D eigenvalue weighted by Crippen LogP contribution is 2.27. The summed E-state index contributed by atoms with van der Waals surface area (Å²) in [5, 5.41) is 10.1. The highest BCUT2D eigenvalue weighted by molar-refractivity contribution is 6.31. The van der Waals surface area contributed by atoms with Crippen LogP contribution in [0.1, 0.15) is 11.1 Å². The van der Waals surface area contributed by atoms with Gasteiger partial charge in [0.1, 0.15) is 5.75 Å². The summed E-state index contributed by atoms with van der Waals surface area (Å²) in [6, 6.07) is 3.67. The summed E-state index contributed by atoms with van der Waals surface area (Å²) in [6.07, 6.45) is -0.119. The number of halogens is 2. The minimum Gasteiger partial charge on any atom is -0.496 e. The number of hydrogen-bond acceptors (Lipinski definition) is 2. The summed E-state index contributed by atoms with van der Waals surface area (Å²) in [5.41, 5.74) is 1.83. The molecule has 1 atom stereocenters. The Balaban J connectivity index is 2.99. The third kappa shape index (κ3) is 3.26. The van der Waals surface area contributed by atoms with Gasteiger partial charge < -0.3 is 9.84 Å². The summed E-state index contributed by atoms with van der Waals surface area (Å²) in [5.74, 6) is 0.940. The molecule has 0 bridgehead atoms. The van der Waals surface area contributed by atoms with Gasteiger partial charge in [-0.15, -0.1) is 11.6 Å². The third-order valence-electron chi connectivity index (χ3n) is 2.20. The van der Waals surface area contributed by atoms with Gasteiger partial charge in [-0.05, 0) is 30.2 Å². The number of aliphatic hydroxyl groups is 1. The Morgan fingerprint density at radius 1 is 1.47 bits per heavy atom. The number of ether oxygens (including phenoxy) is 1. The van der Waals surface area contributed by atoms with E-state index < -0.39 is 6.10 Å². The second-order valence-corrected chi connectivity index (χ2v) is 4.14. The molecule has 0 fully saturated rings. The Kier molecular flexibility index (Phi) is 4.71. The molecule has 0 spiro atoms. The van der Waals surface area contributed by atoms with Crippen molar-refractivity contribution in [3.63, 3.8) is 0 Å². The smallest absolute Gasteiger partial charge is 0.122 e. The van der Waals surface area contributed by atoms with Gasteiger partial charge in [-0.25, -0.2) is 0 Å². The molecule has 84 valence electrons. The molecule has 0 radical (unpaired) electrons. The highest BCUT2D eigenvalue weighted by atomic mass is 35.5. The molecular formula is C11H14Cl2O2. The maximum atomic E-state index is 9.46. The molecule has 0 aromatic heterocycles. The van der Waals surface area contributed by atoms with Crippen molar-refractivity contribution in [1.82, 2.24) is 0 Å². The quantitative estimate of drug-likeness (QED) is 0.831. The van der Waals surface area contributed by atoms with Gasteiger partial charge in [0.15, 0.2) is 0 Å². The Labute approximate surface area is 99.8 Å². The minimum absolute atomic E-state index is 0.203. The van der Waals surface area contributed by atoms with Crippen molar-refractivity contribution in [3.05, 3.63) is 28.3 Å². The van der Waals surface area contributed by atoms with Crippen LogP contribution in [0.25, 0.3) is 0 Å². The zero-order valence-electron chi connectivity index (χ0n) is 8.76. The molecule has 1 unspecified atom stereocenters. The molecule has 2 nitrogen and oxygen atoms in total. The lowest BCUT2D eigenvalue weighted by molar-refractivity contribution is 0.197. The predicted octanol–water partition coefficient (Wildman–Crippen LogP) is 2.80. The zero-order valence-corrected chi connectivity index (χ0v) is 10.3. The summed E-state index contributed by atoms with van der Waals surface area (Å²) in [7, 11) is 1.60. The van der Waals surface area contributed by atoms with Crippen LogP contribution in [-0.4, -0.2) is 24.2 Å². The van der Waals surface area contributed by atoms with Gasteiger partial charge in [-0.2, -0.15) is 0 Å². The van der Waals surface area contributed by atoms with Crippen molar-refractivity contribution in [2.45, 2.75) is 19.4 Å². The topological polar surface area (TPSA) is 29.5 Å². The van der Waals surface area contributed by atoms with E-state index in [1.54, 1.807) is 7.11 Å². The van der Waals surface area contributed by atoms with Gasteiger partial charge in [0.2, 0.25) is 0 Å². The summed E-state index contributed by atoms with van der Waals surface area (Å²) >= 11 is 11.5. The fraction of sp³-hybridized carbons (Fsp3) is 0.455. The molecule has 0 saturated heterocycles. The van der Waals surface area contributed by atoms with E-state index in [-0.39, 0.29) is 5.88 Å². The number of hydrogen-bond donors (Lipinski definition) is 1. The summed E-state index contributed by atoms with van der Waals surface area (Å²) in [6.45, 7) is 1.91. The Bertz CT molecular complexity index is 340. The lowest BCUT2D eigenvalue weighted by atomic mass is 10.1. The van der Waals surface area contributed by atoms with Gasteiger partial charge in [-0.1, -0.05) is 11.6 Å². The van der Waals surface area contributed by atoms with Gasteiger partial charge in [0, 0.05) is 17.3 Å². The van der Waals surface area contributed by atoms with E-state index in [2.05, 4.69) is 0 Å². The first-order chi connectivity index (χ1) is 7.08. The molecule has 0 amide bonds. The van der Waals surface area contributed by atoms with Crippen molar-refractivity contribution in [3.8, 4) is 5.75 Å². The fourth-order valence-electron chi connectivity index (χ4n) is 1.35. The van der Waals surface area contributed by atoms with Crippen LogP contribution in [0.3, 0.4) is 0 Å². The van der Waals surface area contributed by atoms with Crippen LogP contribution < -0.4 is 4.74 Å². The molecule has 0 aliphatic rings. The highest BCUT2D eigenvalue weighted by Gasteiger charge is 2.11. The minimum atomic E-state index is -0.570. The number of aliphatic hydroxyl groups excluding tert-OH is 1. The van der Waals surface area contributed by atoms with Crippen molar-refractivity contribution >= 4 is 23.2 Å². The predicted molar refractivity (Wildman–Crippen MR) is 63.2 cm³/mol. The zero-order chi connectivity index (χ0) is 11.4. The second kappa shape index (κ2) is 5.59. The van der Waals surface area contributed by atoms with Crippen LogP contribution in [0.2, 0.25) is 5.02 Å². The van der Waals surface area contributed by atoms with E-state index in [0.29, 0.717) is 11.4 Å². The SMILES string of the molecule is COc1cc(C)c(Cl)cc1CC(O)CCl. The largest absolute Gasteiger partial charge is 0.496 e. The number of benzene rings is 1. The molecule has 0 saturated carbocycles. The first-order valence-electron chi connectivity index (χ1n) is 4.65. The van der Waals surface area contributed by atoms with Crippen LogP contribution >= 0.6 is 23.2 Å². The van der Waals surface area contributed by atoms with E-state index >= 15 is 0 Å². The molecule has 1 rings (SSSR count). The molecule has 0 aliphatic carbocycles. The molecule has 1 N–H and O–H groups in total. The third-order valence-corrected chi connectivity index (χ3v) is 2.96. The van der Waals surface area contributed by atoms with Crippen LogP contribution in [0.15, 0.2) is 12.1 Å². The van der Waals surface area contributed by atoms with E-state index in [9.17, 15) is 5.11 Å². The van der Waals surface area contributed by atoms with Crippen molar-refractivity contribution in [1.29, 1.82) is 0 Å². The van der Waals surface area contributed by atoms with Crippen LogP contribution in [0, 0.1) is 6.92 Å². The molecule has 15 heavy (non-hydrogen) atoms. The van der Waals surface area contributed by atoms with Gasteiger partial charge >= 0.3 is 0 Å². The fourth-order valence-corrected chi connectivity index (χ4v) is 1.65. The molecule has 1 aromatic carbocycles. The Morgan fingerprint density at radius 2 is 2.13 bits per heavy atom. The average Bonchev–Trinajstić information content (AvgIpc) is 2.22. The normalized spacial score (nSPS) is 12.6. The lowest BCUT2D eigenvalue weighted by Gasteiger charge is -2.13. The van der Waals surface area contributed by atoms with Crippen molar-refractivity contribution in [2.75, 3.05) is 13.0 Å². The average molecular weight is 249 g/mol. The number of rotatable bonds is 4. The van der Waals surface area contributed by atoms with Crippen LogP contribution in [0.4, 0.5) is 0 Å². The Morgan fingerprint density at radius 3 is 2.67 bits per heavy atom. The van der Waals surface area contributed by atoms with Crippen molar-refractivity contribution in [2.24, 2.45) is 0 Å². The second-order valence-electron chi connectivity index (χ2n) is 3.43. The molecule has 1 aromatic rings. The number of aryl methyl sites for hydroxylation is 1. The summed E-state index contributed by atoms with van der Waals surface area (Å²) in [4.78, 5) is 0. The van der Waals surface area contributed by atoms with E-state index in [4.69, 9.17) is 27.9 Å². The number of methoxy groups -OCH3 is 1. The number of alkyl halides is 1. The lowest BCUT2D eigenvalue weighted by Crippen LogP contribution is -2.12. The van der Waals surface area contributed by atoms with Crippen LogP contribution in [-0.2, 0) is 6.42 Å². The monoisotopic (exact) mass is 248 g/mol. The van der Waals surface area contributed by atoms with Gasteiger partial charge in [-0.3, -0.25) is 0 Å². The van der Waals surface area contributed by atoms with E-state index in [1.807, 2.05) is 19.1 Å². The Hall–Kier alpha value is -0.440. The molecular weight excluding hydrogens is 235 g/mol. The standard InChI is InChI=1S/C11H14Cl2O2/c1-7-3-11(15-2)8(5-10(7)13)4-9(14)6-12/h3,5,9,14H,4,6H2,1-2H3. The molecule has 0 aliphatic heterocycles. The molecule has 0 heterocycles. The van der Waals surface area contributed by atoms with Gasteiger partial charge in [0.05, 0.1) is 13.2 Å². The first-order valence-corrected chi connectivity index (χ1v) is 5.56. The maximum Gasteiger partial charge on any atom is 0.122 e. The maximum absolute atomic E-state index is 9.46. The summed E-state index contributed by atoms with van der Waals surface area (Å²) < 4.78 is 5.21. The van der Waals surface area contributed by atoms with Crippen LogP contribution in [0.5, 0.6) is 5.75 Å². The van der Waals surface area contributed by atoms with E-state index in [0.717, 1.165) is 16.9 Å². The molecule has 4 heteroatoms. The first kappa shape index (κ1) is 12.6. The van der Waals surface area contributed by atoms with Gasteiger partial charge in [0.25, 0.3) is 0 Å². The van der Waals surface area contributed by atoms with E-state index in [1.165, 1.54) is 0 Å².